The van der Waals surface area contributed by atoms with Gasteiger partial charge in [0.25, 0.3) is 11.1 Å². The number of amides is 2. The predicted molar refractivity (Wildman–Crippen MR) is 141 cm³/mol. The molecule has 180 valence electrons. The third-order valence-corrected chi connectivity index (χ3v) is 6.87. The molecule has 3 aromatic rings. The topological polar surface area (TPSA) is 65.1 Å². The number of carbonyl (C=O) groups excluding carboxylic acids is 2. The number of para-hydroxylation sites is 1. The minimum absolute atomic E-state index is 0.118. The maximum absolute atomic E-state index is 12.9. The smallest absolute Gasteiger partial charge is 0.293 e. The minimum Gasteiger partial charge on any atom is -0.493 e. The zero-order chi connectivity index (χ0) is 24.8. The van der Waals surface area contributed by atoms with E-state index in [4.69, 9.17) is 25.8 Å². The van der Waals surface area contributed by atoms with Crippen LogP contribution in [0.15, 0.2) is 76.1 Å². The molecule has 0 atom stereocenters. The van der Waals surface area contributed by atoms with E-state index in [0.717, 1.165) is 22.2 Å². The number of nitrogens with zero attached hydrogens (tertiary/aromatic N) is 1. The van der Waals surface area contributed by atoms with Crippen LogP contribution in [-0.4, -0.2) is 36.3 Å². The van der Waals surface area contributed by atoms with E-state index in [9.17, 15) is 9.59 Å². The van der Waals surface area contributed by atoms with Gasteiger partial charge in [0.05, 0.1) is 28.1 Å². The summed E-state index contributed by atoms with van der Waals surface area (Å²) in [4.78, 5) is 26.8. The van der Waals surface area contributed by atoms with Gasteiger partial charge < -0.3 is 14.2 Å². The van der Waals surface area contributed by atoms with Gasteiger partial charge in [-0.2, -0.15) is 0 Å². The molecule has 1 fully saturated rings. The van der Waals surface area contributed by atoms with E-state index in [1.54, 1.807) is 43.5 Å². The van der Waals surface area contributed by atoms with E-state index in [0.29, 0.717) is 43.8 Å². The maximum Gasteiger partial charge on any atom is 0.293 e. The van der Waals surface area contributed by atoms with E-state index in [-0.39, 0.29) is 24.3 Å². The largest absolute Gasteiger partial charge is 0.493 e. The second-order valence-electron chi connectivity index (χ2n) is 7.42. The number of imide groups is 1. The van der Waals surface area contributed by atoms with E-state index in [1.165, 1.54) is 0 Å². The summed E-state index contributed by atoms with van der Waals surface area (Å²) in [5.41, 5.74) is 1.72. The highest BCUT2D eigenvalue weighted by molar-refractivity contribution is 9.10. The number of ether oxygens (including phenoxy) is 3. The Labute approximate surface area is 220 Å². The van der Waals surface area contributed by atoms with E-state index in [2.05, 4.69) is 15.9 Å². The monoisotopic (exact) mass is 573 g/mol. The summed E-state index contributed by atoms with van der Waals surface area (Å²) in [7, 11) is 1.55. The molecule has 2 amide bonds. The molecule has 1 saturated heterocycles. The third kappa shape index (κ3) is 6.20. The lowest BCUT2D eigenvalue weighted by atomic mass is 10.1. The Hall–Kier alpha value is -2.94. The summed E-state index contributed by atoms with van der Waals surface area (Å²) in [5.74, 6) is 1.19. The van der Waals surface area contributed by atoms with Crippen LogP contribution in [0.3, 0.4) is 0 Å². The van der Waals surface area contributed by atoms with Crippen LogP contribution in [0.2, 0.25) is 5.02 Å². The normalized spacial score (nSPS) is 14.5. The molecule has 0 aromatic heterocycles. The number of methoxy groups -OCH3 is 1. The molecule has 1 aliphatic rings. The lowest BCUT2D eigenvalue weighted by molar-refractivity contribution is -0.123. The average Bonchev–Trinajstić information content (AvgIpc) is 3.12. The number of carbonyl (C=O) groups is 2. The standard InChI is InChI=1S/C26H21BrClNO5S/c1-32-22-14-18(13-19(27)24(22)34-16-17-7-3-2-4-8-17)15-23-25(30)29(26(31)35-23)11-12-33-21-10-6-5-9-20(21)28/h2-10,13-15H,11-12,16H2,1H3/b23-15-. The van der Waals surface area contributed by atoms with Crippen LogP contribution >= 0.6 is 39.3 Å². The van der Waals surface area contributed by atoms with Gasteiger partial charge in [-0.1, -0.05) is 54.1 Å². The molecule has 4 rings (SSSR count). The van der Waals surface area contributed by atoms with Crippen molar-refractivity contribution in [3.05, 3.63) is 92.3 Å². The van der Waals surface area contributed by atoms with Crippen molar-refractivity contribution in [2.75, 3.05) is 20.3 Å². The van der Waals surface area contributed by atoms with E-state index >= 15 is 0 Å². The van der Waals surface area contributed by atoms with E-state index < -0.39 is 0 Å². The van der Waals surface area contributed by atoms with Gasteiger partial charge in [-0.05, 0) is 69.2 Å². The van der Waals surface area contributed by atoms with Gasteiger partial charge in [-0.25, -0.2) is 0 Å². The molecule has 6 nitrogen and oxygen atoms in total. The molecule has 35 heavy (non-hydrogen) atoms. The van der Waals surface area contributed by atoms with Crippen molar-refractivity contribution in [2.24, 2.45) is 0 Å². The van der Waals surface area contributed by atoms with Gasteiger partial charge in [0.1, 0.15) is 19.0 Å². The summed E-state index contributed by atoms with van der Waals surface area (Å²) >= 11 is 10.5. The average molecular weight is 575 g/mol. The van der Waals surface area contributed by atoms with Gasteiger partial charge in [0, 0.05) is 0 Å². The first-order chi connectivity index (χ1) is 17.0. The van der Waals surface area contributed by atoms with Gasteiger partial charge >= 0.3 is 0 Å². The Kier molecular flexibility index (Phi) is 8.38. The molecule has 1 heterocycles. The van der Waals surface area contributed by atoms with Gasteiger partial charge in [-0.3, -0.25) is 14.5 Å². The summed E-state index contributed by atoms with van der Waals surface area (Å²) in [6, 6.07) is 20.4. The first-order valence-corrected chi connectivity index (χ1v) is 12.6. The van der Waals surface area contributed by atoms with Crippen molar-refractivity contribution in [1.82, 2.24) is 4.90 Å². The number of hydrogen-bond acceptors (Lipinski definition) is 6. The maximum atomic E-state index is 12.9. The van der Waals surface area contributed by atoms with Crippen LogP contribution in [-0.2, 0) is 11.4 Å². The minimum atomic E-state index is -0.373. The molecule has 0 aliphatic carbocycles. The summed E-state index contributed by atoms with van der Waals surface area (Å²) in [6.07, 6.45) is 1.66. The van der Waals surface area contributed by atoms with Crippen LogP contribution < -0.4 is 14.2 Å². The molecule has 0 spiro atoms. The molecule has 0 N–H and O–H groups in total. The Bertz CT molecular complexity index is 1270. The quantitative estimate of drug-likeness (QED) is 0.262. The Balaban J connectivity index is 1.44. The van der Waals surface area contributed by atoms with Crippen molar-refractivity contribution in [2.45, 2.75) is 6.61 Å². The van der Waals surface area contributed by atoms with Crippen molar-refractivity contribution in [3.8, 4) is 17.2 Å². The Morgan fingerprint density at radius 3 is 2.49 bits per heavy atom. The second-order valence-corrected chi connectivity index (χ2v) is 9.68. The Morgan fingerprint density at radius 1 is 1.00 bits per heavy atom. The molecular weight excluding hydrogens is 554 g/mol. The fourth-order valence-corrected chi connectivity index (χ4v) is 4.98. The number of benzene rings is 3. The highest BCUT2D eigenvalue weighted by atomic mass is 79.9. The zero-order valence-electron chi connectivity index (χ0n) is 18.7. The van der Waals surface area contributed by atoms with Crippen LogP contribution in [0.1, 0.15) is 11.1 Å². The van der Waals surface area contributed by atoms with E-state index in [1.807, 2.05) is 36.4 Å². The first kappa shape index (κ1) is 25.2. The lowest BCUT2D eigenvalue weighted by Crippen LogP contribution is -2.32. The van der Waals surface area contributed by atoms with Gasteiger partial charge in [-0.15, -0.1) is 0 Å². The van der Waals surface area contributed by atoms with Crippen LogP contribution in [0, 0.1) is 0 Å². The van der Waals surface area contributed by atoms with Crippen molar-refractivity contribution < 1.29 is 23.8 Å². The van der Waals surface area contributed by atoms with Crippen molar-refractivity contribution in [3.63, 3.8) is 0 Å². The third-order valence-electron chi connectivity index (χ3n) is 5.06. The highest BCUT2D eigenvalue weighted by Crippen LogP contribution is 2.39. The molecule has 0 radical (unpaired) electrons. The number of halogens is 2. The molecule has 1 aliphatic heterocycles. The fraction of sp³-hybridized carbons (Fsp3) is 0.154. The number of rotatable bonds is 9. The molecule has 0 saturated carbocycles. The van der Waals surface area contributed by atoms with Crippen LogP contribution in [0.4, 0.5) is 4.79 Å². The van der Waals surface area contributed by atoms with Crippen molar-refractivity contribution in [1.29, 1.82) is 0 Å². The molecule has 3 aromatic carbocycles. The summed E-state index contributed by atoms with van der Waals surface area (Å²) < 4.78 is 17.8. The zero-order valence-corrected chi connectivity index (χ0v) is 21.9. The molecular formula is C26H21BrClNO5S. The van der Waals surface area contributed by atoms with Gasteiger partial charge in [0.15, 0.2) is 11.5 Å². The van der Waals surface area contributed by atoms with Crippen LogP contribution in [0.25, 0.3) is 6.08 Å². The number of thioether (sulfide) groups is 1. The summed E-state index contributed by atoms with van der Waals surface area (Å²) in [5, 5.41) is 0.120. The van der Waals surface area contributed by atoms with Crippen LogP contribution in [0.5, 0.6) is 17.2 Å². The highest BCUT2D eigenvalue weighted by Gasteiger charge is 2.35. The second kappa shape index (κ2) is 11.7. The molecule has 9 heteroatoms. The van der Waals surface area contributed by atoms with Gasteiger partial charge in [0.2, 0.25) is 0 Å². The predicted octanol–water partition coefficient (Wildman–Crippen LogP) is 6.81. The van der Waals surface area contributed by atoms with Crippen molar-refractivity contribution >= 4 is 56.5 Å². The SMILES string of the molecule is COc1cc(/C=C2\SC(=O)N(CCOc3ccccc3Cl)C2=O)cc(Br)c1OCc1ccccc1. The number of hydrogen-bond donors (Lipinski definition) is 0. The lowest BCUT2D eigenvalue weighted by Gasteiger charge is -2.14. The fourth-order valence-electron chi connectivity index (χ4n) is 3.35. The summed E-state index contributed by atoms with van der Waals surface area (Å²) in [6.45, 7) is 0.638. The first-order valence-electron chi connectivity index (χ1n) is 10.6. The molecule has 0 unspecified atom stereocenters. The Morgan fingerprint density at radius 2 is 1.74 bits per heavy atom. The molecule has 0 bridgehead atoms.